The van der Waals surface area contributed by atoms with Gasteiger partial charge in [0.05, 0.1) is 5.56 Å². The summed E-state index contributed by atoms with van der Waals surface area (Å²) in [6, 6.07) is 21.5. The maximum atomic E-state index is 12.8. The number of carbonyl (C=O) groups excluding carboxylic acids is 2. The highest BCUT2D eigenvalue weighted by Crippen LogP contribution is 2.20. The first-order valence-electron chi connectivity index (χ1n) is 7.82. The zero-order chi connectivity index (χ0) is 17.8. The molecule has 3 nitrogen and oxygen atoms in total. The molecule has 0 bridgehead atoms. The molecule has 0 saturated carbocycles. The van der Waals surface area contributed by atoms with Crippen molar-refractivity contribution in [2.24, 2.45) is 0 Å². The molecule has 0 heterocycles. The second-order valence-electron chi connectivity index (χ2n) is 5.65. The van der Waals surface area contributed by atoms with Crippen LogP contribution in [0.3, 0.4) is 0 Å². The minimum Gasteiger partial charge on any atom is -0.322 e. The van der Waals surface area contributed by atoms with Gasteiger partial charge in [-0.2, -0.15) is 0 Å². The number of carbonyl (C=O) groups is 2. The fourth-order valence-corrected chi connectivity index (χ4v) is 2.80. The standard InChI is InChI=1S/C21H16BrNO2/c1-14-6-2-5-9-19(14)23-21(25)18-8-4-3-7-17(18)20(24)15-10-12-16(22)13-11-15/h2-13H,1H3,(H,23,25). The van der Waals surface area contributed by atoms with Gasteiger partial charge in [-0.25, -0.2) is 0 Å². The minimum absolute atomic E-state index is 0.178. The number of ketones is 1. The van der Waals surface area contributed by atoms with Crippen molar-refractivity contribution in [1.82, 2.24) is 0 Å². The molecule has 124 valence electrons. The molecular formula is C21H16BrNO2. The first kappa shape index (κ1) is 17.1. The summed E-state index contributed by atoms with van der Waals surface area (Å²) in [4.78, 5) is 25.5. The molecular weight excluding hydrogens is 378 g/mol. The van der Waals surface area contributed by atoms with Gasteiger partial charge in [0, 0.05) is 21.3 Å². The van der Waals surface area contributed by atoms with Crippen LogP contribution in [0.15, 0.2) is 77.3 Å². The minimum atomic E-state index is -0.296. The number of halogens is 1. The van der Waals surface area contributed by atoms with E-state index >= 15 is 0 Å². The Bertz CT molecular complexity index is 933. The maximum absolute atomic E-state index is 12.8. The van der Waals surface area contributed by atoms with Crippen molar-refractivity contribution in [3.63, 3.8) is 0 Å². The van der Waals surface area contributed by atoms with Crippen molar-refractivity contribution < 1.29 is 9.59 Å². The van der Waals surface area contributed by atoms with Gasteiger partial charge < -0.3 is 5.32 Å². The third-order valence-electron chi connectivity index (χ3n) is 3.92. The van der Waals surface area contributed by atoms with Crippen LogP contribution in [0, 0.1) is 6.92 Å². The summed E-state index contributed by atoms with van der Waals surface area (Å²) in [7, 11) is 0. The maximum Gasteiger partial charge on any atom is 0.256 e. The third kappa shape index (κ3) is 3.86. The number of nitrogens with one attached hydrogen (secondary N) is 1. The number of para-hydroxylation sites is 1. The van der Waals surface area contributed by atoms with Crippen molar-refractivity contribution in [3.05, 3.63) is 99.5 Å². The molecule has 3 aromatic rings. The van der Waals surface area contributed by atoms with Crippen LogP contribution < -0.4 is 5.32 Å². The molecule has 1 amide bonds. The van der Waals surface area contributed by atoms with Gasteiger partial charge in [0.1, 0.15) is 0 Å². The number of benzene rings is 3. The quantitative estimate of drug-likeness (QED) is 0.615. The number of hydrogen-bond acceptors (Lipinski definition) is 2. The van der Waals surface area contributed by atoms with Gasteiger partial charge in [0.15, 0.2) is 5.78 Å². The number of rotatable bonds is 4. The van der Waals surface area contributed by atoms with Crippen LogP contribution in [0.2, 0.25) is 0 Å². The van der Waals surface area contributed by atoms with Crippen LogP contribution in [0.1, 0.15) is 31.8 Å². The number of aryl methyl sites for hydroxylation is 1. The van der Waals surface area contributed by atoms with Gasteiger partial charge >= 0.3 is 0 Å². The molecule has 25 heavy (non-hydrogen) atoms. The third-order valence-corrected chi connectivity index (χ3v) is 4.44. The Kier molecular flexibility index (Phi) is 5.10. The molecule has 0 aliphatic rings. The number of hydrogen-bond donors (Lipinski definition) is 1. The molecule has 0 spiro atoms. The Labute approximate surface area is 154 Å². The van der Waals surface area contributed by atoms with E-state index in [9.17, 15) is 9.59 Å². The largest absolute Gasteiger partial charge is 0.322 e. The lowest BCUT2D eigenvalue weighted by Crippen LogP contribution is -2.17. The summed E-state index contributed by atoms with van der Waals surface area (Å²) in [6.45, 7) is 1.93. The highest BCUT2D eigenvalue weighted by atomic mass is 79.9. The predicted molar refractivity (Wildman–Crippen MR) is 103 cm³/mol. The molecule has 0 aromatic heterocycles. The molecule has 3 rings (SSSR count). The van der Waals surface area contributed by atoms with Crippen molar-refractivity contribution in [3.8, 4) is 0 Å². The van der Waals surface area contributed by atoms with Gasteiger partial charge in [0.25, 0.3) is 5.91 Å². The van der Waals surface area contributed by atoms with E-state index in [0.717, 1.165) is 15.7 Å². The normalized spacial score (nSPS) is 10.3. The lowest BCUT2D eigenvalue weighted by molar-refractivity contribution is 0.0996. The van der Waals surface area contributed by atoms with Crippen molar-refractivity contribution in [1.29, 1.82) is 0 Å². The Morgan fingerprint density at radius 3 is 2.08 bits per heavy atom. The highest BCUT2D eigenvalue weighted by molar-refractivity contribution is 9.10. The van der Waals surface area contributed by atoms with E-state index in [-0.39, 0.29) is 11.7 Å². The van der Waals surface area contributed by atoms with Gasteiger partial charge in [-0.1, -0.05) is 52.3 Å². The molecule has 0 aliphatic heterocycles. The SMILES string of the molecule is Cc1ccccc1NC(=O)c1ccccc1C(=O)c1ccc(Br)cc1. The van der Waals surface area contributed by atoms with E-state index < -0.39 is 0 Å². The average Bonchev–Trinajstić information content (AvgIpc) is 2.63. The Morgan fingerprint density at radius 2 is 1.40 bits per heavy atom. The van der Waals surface area contributed by atoms with E-state index in [4.69, 9.17) is 0 Å². The Balaban J connectivity index is 1.93. The van der Waals surface area contributed by atoms with Crippen molar-refractivity contribution >= 4 is 33.3 Å². The van der Waals surface area contributed by atoms with Crippen molar-refractivity contribution in [2.75, 3.05) is 5.32 Å². The summed E-state index contributed by atoms with van der Waals surface area (Å²) < 4.78 is 0.898. The van der Waals surface area contributed by atoms with E-state index in [1.54, 1.807) is 36.4 Å². The van der Waals surface area contributed by atoms with Gasteiger partial charge in [-0.05, 0) is 48.9 Å². The first-order valence-corrected chi connectivity index (χ1v) is 8.62. The van der Waals surface area contributed by atoms with Crippen LogP contribution in [0.4, 0.5) is 5.69 Å². The van der Waals surface area contributed by atoms with Crippen LogP contribution in [0.25, 0.3) is 0 Å². The average molecular weight is 394 g/mol. The fourth-order valence-electron chi connectivity index (χ4n) is 2.54. The second-order valence-corrected chi connectivity index (χ2v) is 6.57. The topological polar surface area (TPSA) is 46.2 Å². The zero-order valence-corrected chi connectivity index (χ0v) is 15.2. The molecule has 0 saturated heterocycles. The molecule has 1 N–H and O–H groups in total. The Morgan fingerprint density at radius 1 is 0.800 bits per heavy atom. The second kappa shape index (κ2) is 7.45. The summed E-state index contributed by atoms with van der Waals surface area (Å²) in [5, 5.41) is 2.88. The highest BCUT2D eigenvalue weighted by Gasteiger charge is 2.18. The molecule has 3 aromatic carbocycles. The van der Waals surface area contributed by atoms with Crippen LogP contribution >= 0.6 is 15.9 Å². The number of amides is 1. The van der Waals surface area contributed by atoms with Crippen LogP contribution in [-0.2, 0) is 0 Å². The molecule has 0 fully saturated rings. The van der Waals surface area contributed by atoms with E-state index in [2.05, 4.69) is 21.2 Å². The van der Waals surface area contributed by atoms with Crippen LogP contribution in [0.5, 0.6) is 0 Å². The summed E-state index contributed by atoms with van der Waals surface area (Å²) in [6.07, 6.45) is 0. The molecule has 0 aliphatic carbocycles. The Hall–Kier alpha value is -2.72. The van der Waals surface area contributed by atoms with E-state index in [0.29, 0.717) is 16.7 Å². The summed E-state index contributed by atoms with van der Waals surface area (Å²) in [5.41, 5.74) is 2.99. The van der Waals surface area contributed by atoms with Crippen LogP contribution in [-0.4, -0.2) is 11.7 Å². The fraction of sp³-hybridized carbons (Fsp3) is 0.0476. The van der Waals surface area contributed by atoms with Gasteiger partial charge in [-0.15, -0.1) is 0 Å². The lowest BCUT2D eigenvalue weighted by atomic mass is 9.98. The predicted octanol–water partition coefficient (Wildman–Crippen LogP) is 5.24. The van der Waals surface area contributed by atoms with E-state index in [1.807, 2.05) is 43.3 Å². The summed E-state index contributed by atoms with van der Waals surface area (Å²) in [5.74, 6) is -0.474. The van der Waals surface area contributed by atoms with Gasteiger partial charge in [0.2, 0.25) is 0 Å². The van der Waals surface area contributed by atoms with E-state index in [1.165, 1.54) is 0 Å². The first-order chi connectivity index (χ1) is 12.1. The van der Waals surface area contributed by atoms with Gasteiger partial charge in [-0.3, -0.25) is 9.59 Å². The molecule has 0 radical (unpaired) electrons. The molecule has 4 heteroatoms. The zero-order valence-electron chi connectivity index (χ0n) is 13.6. The van der Waals surface area contributed by atoms with Crippen molar-refractivity contribution in [2.45, 2.75) is 6.92 Å². The summed E-state index contributed by atoms with van der Waals surface area (Å²) >= 11 is 3.36. The smallest absolute Gasteiger partial charge is 0.256 e. The molecule has 0 unspecified atom stereocenters. The molecule has 0 atom stereocenters. The number of anilines is 1. The lowest BCUT2D eigenvalue weighted by Gasteiger charge is -2.11. The monoisotopic (exact) mass is 393 g/mol.